The number of sulfonamides is 1. The van der Waals surface area contributed by atoms with Crippen molar-refractivity contribution in [3.63, 3.8) is 0 Å². The molecule has 13 heteroatoms. The Bertz CT molecular complexity index is 1410. The van der Waals surface area contributed by atoms with Crippen molar-refractivity contribution in [2.24, 2.45) is 0 Å². The van der Waals surface area contributed by atoms with E-state index in [0.29, 0.717) is 30.0 Å². The molecule has 10 nitrogen and oxygen atoms in total. The van der Waals surface area contributed by atoms with Gasteiger partial charge < -0.3 is 14.5 Å². The molecule has 0 saturated carbocycles. The first-order valence-electron chi connectivity index (χ1n) is 10.4. The van der Waals surface area contributed by atoms with Crippen LogP contribution >= 0.6 is 11.8 Å². The van der Waals surface area contributed by atoms with Gasteiger partial charge in [-0.15, -0.1) is 0 Å². The van der Waals surface area contributed by atoms with Crippen molar-refractivity contribution in [3.8, 4) is 0 Å². The lowest BCUT2D eigenvalue weighted by Gasteiger charge is -2.26. The summed E-state index contributed by atoms with van der Waals surface area (Å²) in [6, 6.07) is 10.5. The fourth-order valence-electron chi connectivity index (χ4n) is 3.30. The quantitative estimate of drug-likeness (QED) is 0.440. The summed E-state index contributed by atoms with van der Waals surface area (Å²) in [5, 5.41) is 2.90. The van der Waals surface area contributed by atoms with E-state index in [0.717, 1.165) is 11.8 Å². The highest BCUT2D eigenvalue weighted by atomic mass is 32.2. The minimum absolute atomic E-state index is 0.0207. The number of ether oxygens (including phenoxy) is 1. The van der Waals surface area contributed by atoms with Gasteiger partial charge in [-0.05, 0) is 36.4 Å². The zero-order valence-electron chi connectivity index (χ0n) is 18.3. The van der Waals surface area contributed by atoms with Crippen LogP contribution in [0.1, 0.15) is 6.92 Å². The molecule has 0 radical (unpaired) electrons. The molecule has 182 valence electrons. The maximum atomic E-state index is 12.8. The second kappa shape index (κ2) is 10.0. The van der Waals surface area contributed by atoms with Crippen LogP contribution in [0.4, 0.5) is 5.69 Å². The number of morpholine rings is 1. The van der Waals surface area contributed by atoms with E-state index in [1.165, 1.54) is 34.6 Å². The Hall–Kier alpha value is -2.45. The van der Waals surface area contributed by atoms with Gasteiger partial charge in [0.2, 0.25) is 15.9 Å². The number of fused-ring (bicyclic) bond motifs is 1. The molecule has 1 amide bonds. The summed E-state index contributed by atoms with van der Waals surface area (Å²) in [6.45, 7) is 2.82. The molecule has 2 heterocycles. The third kappa shape index (κ3) is 5.44. The maximum Gasteiger partial charge on any atom is 0.257 e. The molecule has 1 aliphatic rings. The van der Waals surface area contributed by atoms with Crippen LogP contribution in [0.5, 0.6) is 0 Å². The molecule has 1 aliphatic heterocycles. The van der Waals surface area contributed by atoms with Gasteiger partial charge in [0, 0.05) is 18.8 Å². The predicted molar refractivity (Wildman–Crippen MR) is 127 cm³/mol. The van der Waals surface area contributed by atoms with Gasteiger partial charge in [-0.1, -0.05) is 24.8 Å². The molecule has 3 aromatic rings. The summed E-state index contributed by atoms with van der Waals surface area (Å²) in [5.74, 6) is -0.428. The number of anilines is 1. The van der Waals surface area contributed by atoms with Crippen molar-refractivity contribution in [1.82, 2.24) is 9.29 Å². The number of hydrogen-bond acceptors (Lipinski definition) is 9. The normalized spacial score (nSPS) is 15.4. The molecule has 0 aliphatic carbocycles. The van der Waals surface area contributed by atoms with Crippen molar-refractivity contribution in [2.75, 3.05) is 43.1 Å². The van der Waals surface area contributed by atoms with Crippen molar-refractivity contribution in [2.45, 2.75) is 21.9 Å². The van der Waals surface area contributed by atoms with Crippen molar-refractivity contribution >= 4 is 54.3 Å². The first-order chi connectivity index (χ1) is 16.2. The van der Waals surface area contributed by atoms with E-state index in [9.17, 15) is 21.6 Å². The van der Waals surface area contributed by atoms with Crippen LogP contribution in [0.2, 0.25) is 0 Å². The minimum atomic E-state index is -3.68. The number of carbonyl (C=O) groups is 1. The fourth-order valence-corrected chi connectivity index (χ4v) is 6.30. The fraction of sp³-hybridized carbons (Fsp3) is 0.333. The number of nitrogens with zero attached hydrogens (tertiary/aromatic N) is 2. The van der Waals surface area contributed by atoms with Crippen LogP contribution < -0.4 is 5.32 Å². The van der Waals surface area contributed by atoms with Gasteiger partial charge in [0.15, 0.2) is 15.4 Å². The molecular weight excluding hydrogens is 502 g/mol. The van der Waals surface area contributed by atoms with Crippen LogP contribution in [-0.4, -0.2) is 69.8 Å². The lowest BCUT2D eigenvalue weighted by molar-refractivity contribution is -0.113. The van der Waals surface area contributed by atoms with Gasteiger partial charge in [0.05, 0.1) is 34.5 Å². The molecule has 34 heavy (non-hydrogen) atoms. The van der Waals surface area contributed by atoms with Gasteiger partial charge in [-0.2, -0.15) is 4.31 Å². The predicted octanol–water partition coefficient (Wildman–Crippen LogP) is 2.37. The molecule has 0 spiro atoms. The molecule has 0 atom stereocenters. The van der Waals surface area contributed by atoms with Crippen LogP contribution in [-0.2, 0) is 29.4 Å². The first kappa shape index (κ1) is 24.7. The summed E-state index contributed by atoms with van der Waals surface area (Å²) >= 11 is 1.05. The largest absolute Gasteiger partial charge is 0.431 e. The van der Waals surface area contributed by atoms with E-state index < -0.39 is 19.9 Å². The van der Waals surface area contributed by atoms with Gasteiger partial charge in [0.1, 0.15) is 5.52 Å². The maximum absolute atomic E-state index is 12.8. The van der Waals surface area contributed by atoms with Crippen LogP contribution in [0.25, 0.3) is 11.1 Å². The molecule has 4 rings (SSSR count). The summed E-state index contributed by atoms with van der Waals surface area (Å²) in [7, 11) is -7.04. The Kier molecular flexibility index (Phi) is 7.28. The Morgan fingerprint density at radius 3 is 2.59 bits per heavy atom. The summed E-state index contributed by atoms with van der Waals surface area (Å²) in [4.78, 5) is 16.9. The molecule has 1 aromatic heterocycles. The average molecular weight is 526 g/mol. The number of carbonyl (C=O) groups excluding carboxylic acids is 1. The second-order valence-corrected chi connectivity index (χ2v) is 12.5. The Morgan fingerprint density at radius 2 is 1.85 bits per heavy atom. The lowest BCUT2D eigenvalue weighted by atomic mass is 10.3. The topological polar surface area (TPSA) is 136 Å². The lowest BCUT2D eigenvalue weighted by Crippen LogP contribution is -2.40. The van der Waals surface area contributed by atoms with Gasteiger partial charge >= 0.3 is 0 Å². The van der Waals surface area contributed by atoms with Crippen LogP contribution in [0.15, 0.2) is 61.9 Å². The van der Waals surface area contributed by atoms with Crippen molar-refractivity contribution < 1.29 is 30.8 Å². The highest BCUT2D eigenvalue weighted by Crippen LogP contribution is 2.26. The molecule has 2 aromatic carbocycles. The summed E-state index contributed by atoms with van der Waals surface area (Å²) < 4.78 is 61.9. The van der Waals surface area contributed by atoms with E-state index in [4.69, 9.17) is 9.15 Å². The number of thioether (sulfide) groups is 1. The van der Waals surface area contributed by atoms with Gasteiger partial charge in [-0.3, -0.25) is 4.79 Å². The minimum Gasteiger partial charge on any atom is -0.431 e. The standard InChI is InChI=1S/C21H23N3O7S3/c1-2-33(26,27)16-6-7-19-18(13-16)23-21(31-19)32-14-20(25)22-15-4-3-5-17(12-15)34(28,29)24-8-10-30-11-9-24/h3-7,12-13H,2,8-11,14H2,1H3,(H,22,25). The number of amides is 1. The van der Waals surface area contributed by atoms with E-state index >= 15 is 0 Å². The highest BCUT2D eigenvalue weighted by molar-refractivity contribution is 7.99. The number of benzene rings is 2. The average Bonchev–Trinajstić information content (AvgIpc) is 3.26. The number of rotatable bonds is 8. The third-order valence-electron chi connectivity index (χ3n) is 5.13. The Labute approximate surface area is 201 Å². The van der Waals surface area contributed by atoms with Crippen molar-refractivity contribution in [3.05, 3.63) is 42.5 Å². The first-order valence-corrected chi connectivity index (χ1v) is 14.5. The summed E-state index contributed by atoms with van der Waals surface area (Å²) in [6.07, 6.45) is 0. The van der Waals surface area contributed by atoms with E-state index in [2.05, 4.69) is 10.3 Å². The zero-order chi connectivity index (χ0) is 24.3. The SMILES string of the molecule is CCS(=O)(=O)c1ccc2oc(SCC(=O)Nc3cccc(S(=O)(=O)N4CCOCC4)c3)nc2c1. The van der Waals surface area contributed by atoms with E-state index in [1.54, 1.807) is 19.1 Å². The monoisotopic (exact) mass is 525 g/mol. The molecule has 0 unspecified atom stereocenters. The summed E-state index contributed by atoms with van der Waals surface area (Å²) in [5.41, 5.74) is 1.16. The molecule has 0 bridgehead atoms. The Balaban J connectivity index is 1.40. The van der Waals surface area contributed by atoms with Gasteiger partial charge in [-0.25, -0.2) is 21.8 Å². The number of nitrogens with one attached hydrogen (secondary N) is 1. The molecular formula is C21H23N3O7S3. The molecule has 1 saturated heterocycles. The highest BCUT2D eigenvalue weighted by Gasteiger charge is 2.26. The smallest absolute Gasteiger partial charge is 0.257 e. The number of sulfone groups is 1. The van der Waals surface area contributed by atoms with Crippen LogP contribution in [0.3, 0.4) is 0 Å². The molecule has 1 N–H and O–H groups in total. The van der Waals surface area contributed by atoms with E-state index in [1.807, 2.05) is 0 Å². The number of oxazole rings is 1. The van der Waals surface area contributed by atoms with E-state index in [-0.39, 0.29) is 45.5 Å². The molecule has 1 fully saturated rings. The van der Waals surface area contributed by atoms with Gasteiger partial charge in [0.25, 0.3) is 5.22 Å². The second-order valence-electron chi connectivity index (χ2n) is 7.39. The third-order valence-corrected chi connectivity index (χ3v) is 9.59. The Morgan fingerprint density at radius 1 is 1.09 bits per heavy atom. The van der Waals surface area contributed by atoms with Crippen LogP contribution in [0, 0.1) is 0 Å². The van der Waals surface area contributed by atoms with Crippen molar-refractivity contribution in [1.29, 1.82) is 0 Å². The number of aromatic nitrogens is 1. The number of hydrogen-bond donors (Lipinski definition) is 1. The zero-order valence-corrected chi connectivity index (χ0v) is 20.7.